The molecule has 0 aromatic heterocycles. The van der Waals surface area contributed by atoms with E-state index in [0.717, 1.165) is 0 Å². The van der Waals surface area contributed by atoms with E-state index in [0.29, 0.717) is 6.42 Å². The number of hydrogen-bond donors (Lipinski definition) is 2. The van der Waals surface area contributed by atoms with E-state index in [1.165, 1.54) is 0 Å². The quantitative estimate of drug-likeness (QED) is 0.549. The number of carbonyl (C=O) groups is 2. The van der Waals surface area contributed by atoms with Crippen LogP contribution in [0.4, 0.5) is 0 Å². The molecule has 0 bridgehead atoms. The molecule has 15 heavy (non-hydrogen) atoms. The van der Waals surface area contributed by atoms with Gasteiger partial charge in [-0.25, -0.2) is 0 Å². The molecule has 0 amide bonds. The second-order valence-corrected chi connectivity index (χ2v) is 4.15. The summed E-state index contributed by atoms with van der Waals surface area (Å²) in [4.78, 5) is 21.7. The molecule has 0 N–H and O–H groups in total. The molecule has 6 heteroatoms. The molecule has 0 aliphatic carbocycles. The summed E-state index contributed by atoms with van der Waals surface area (Å²) in [6.07, 6.45) is 0.450. The van der Waals surface area contributed by atoms with Crippen LogP contribution in [-0.2, 0) is 19.1 Å². The summed E-state index contributed by atoms with van der Waals surface area (Å²) in [5, 5.41) is 0. The molecule has 0 aliphatic heterocycles. The van der Waals surface area contributed by atoms with Gasteiger partial charge in [0.05, 0.1) is 18.1 Å². The van der Waals surface area contributed by atoms with Crippen molar-refractivity contribution in [2.75, 3.05) is 18.1 Å². The molecule has 0 spiro atoms. The van der Waals surface area contributed by atoms with Gasteiger partial charge < -0.3 is 9.47 Å². The van der Waals surface area contributed by atoms with Crippen LogP contribution in [0.3, 0.4) is 0 Å². The van der Waals surface area contributed by atoms with E-state index in [1.54, 1.807) is 13.8 Å². The highest BCUT2D eigenvalue weighted by atomic mass is 32.1. The van der Waals surface area contributed by atoms with Crippen molar-refractivity contribution < 1.29 is 19.1 Å². The summed E-state index contributed by atoms with van der Waals surface area (Å²) >= 11 is 7.56. The molecular formula is C9H16O4S2. The lowest BCUT2D eigenvalue weighted by molar-refractivity contribution is -0.155. The fraction of sp³-hybridized carbons (Fsp3) is 0.778. The van der Waals surface area contributed by atoms with Crippen LogP contribution in [0.1, 0.15) is 20.3 Å². The first kappa shape index (κ1) is 14.6. The van der Waals surface area contributed by atoms with E-state index in [9.17, 15) is 9.59 Å². The largest absolute Gasteiger partial charge is 0.465 e. The molecular weight excluding hydrogens is 236 g/mol. The summed E-state index contributed by atoms with van der Waals surface area (Å²) < 4.78 is 9.89. The number of hydrogen-bond acceptors (Lipinski definition) is 6. The lowest BCUT2D eigenvalue weighted by atomic mass is 10.1. The van der Waals surface area contributed by atoms with Gasteiger partial charge in [-0.15, -0.1) is 0 Å². The highest BCUT2D eigenvalue weighted by Gasteiger charge is 2.22. The number of rotatable bonds is 6. The average Bonchev–Trinajstić information content (AvgIpc) is 2.16. The topological polar surface area (TPSA) is 52.6 Å². The van der Waals surface area contributed by atoms with Crippen molar-refractivity contribution in [3.63, 3.8) is 0 Å². The van der Waals surface area contributed by atoms with Crippen molar-refractivity contribution in [2.24, 2.45) is 0 Å². The minimum Gasteiger partial charge on any atom is -0.465 e. The molecule has 0 atom stereocenters. The molecule has 0 rings (SSSR count). The van der Waals surface area contributed by atoms with Crippen LogP contribution in [0.15, 0.2) is 0 Å². The van der Waals surface area contributed by atoms with Crippen LogP contribution in [0, 0.1) is 0 Å². The van der Waals surface area contributed by atoms with E-state index in [4.69, 9.17) is 9.47 Å². The van der Waals surface area contributed by atoms with Crippen molar-refractivity contribution in [3.8, 4) is 0 Å². The molecule has 0 aliphatic rings. The monoisotopic (exact) mass is 252 g/mol. The summed E-state index contributed by atoms with van der Waals surface area (Å²) in [6, 6.07) is 0. The van der Waals surface area contributed by atoms with Crippen LogP contribution in [0.25, 0.3) is 0 Å². The first-order chi connectivity index (χ1) is 6.91. The van der Waals surface area contributed by atoms with E-state index in [2.05, 4.69) is 25.3 Å². The van der Waals surface area contributed by atoms with Crippen LogP contribution in [0.5, 0.6) is 0 Å². The Balaban J connectivity index is 3.83. The van der Waals surface area contributed by atoms with Crippen LogP contribution >= 0.6 is 25.3 Å². The SMILES string of the molecule is CC(C)(CCOC(=O)CS)OC(=O)CS. The summed E-state index contributed by atoms with van der Waals surface area (Å²) in [7, 11) is 0. The molecule has 0 saturated carbocycles. The van der Waals surface area contributed by atoms with Crippen molar-refractivity contribution in [1.29, 1.82) is 0 Å². The average molecular weight is 252 g/mol. The highest BCUT2D eigenvalue weighted by Crippen LogP contribution is 2.15. The molecule has 0 aromatic rings. The Bertz CT molecular complexity index is 228. The lowest BCUT2D eigenvalue weighted by Gasteiger charge is -2.24. The van der Waals surface area contributed by atoms with Gasteiger partial charge in [0.1, 0.15) is 5.60 Å². The summed E-state index contributed by atoms with van der Waals surface area (Å²) in [5.74, 6) is -0.671. The van der Waals surface area contributed by atoms with Crippen LogP contribution in [-0.4, -0.2) is 35.7 Å². The van der Waals surface area contributed by atoms with Crippen molar-refractivity contribution in [1.82, 2.24) is 0 Å². The standard InChI is InChI=1S/C9H16O4S2/c1-9(2,13-8(11)6-15)3-4-12-7(10)5-14/h14-15H,3-6H2,1-2H3. The Hall–Kier alpha value is -0.360. The Morgan fingerprint density at radius 3 is 2.13 bits per heavy atom. The molecule has 0 aromatic carbocycles. The fourth-order valence-corrected chi connectivity index (χ4v) is 1.00. The Labute approximate surface area is 101 Å². The third-order valence-electron chi connectivity index (χ3n) is 1.62. The smallest absolute Gasteiger partial charge is 0.316 e. The van der Waals surface area contributed by atoms with Gasteiger partial charge in [-0.2, -0.15) is 25.3 Å². The summed E-state index contributed by atoms with van der Waals surface area (Å²) in [6.45, 7) is 3.72. The first-order valence-electron chi connectivity index (χ1n) is 4.50. The molecule has 88 valence electrons. The second kappa shape index (κ2) is 7.00. The molecule has 0 fully saturated rings. The van der Waals surface area contributed by atoms with Gasteiger partial charge in [0.2, 0.25) is 0 Å². The zero-order valence-corrected chi connectivity index (χ0v) is 10.6. The van der Waals surface area contributed by atoms with E-state index < -0.39 is 5.60 Å². The molecule has 0 unspecified atom stereocenters. The predicted molar refractivity (Wildman–Crippen MR) is 63.5 cm³/mol. The maximum absolute atomic E-state index is 11.0. The number of carbonyl (C=O) groups excluding carboxylic acids is 2. The third-order valence-corrected chi connectivity index (χ3v) is 2.13. The van der Waals surface area contributed by atoms with Crippen LogP contribution < -0.4 is 0 Å². The van der Waals surface area contributed by atoms with Crippen molar-refractivity contribution >= 4 is 37.2 Å². The summed E-state index contributed by atoms with van der Waals surface area (Å²) in [5.41, 5.74) is -0.642. The van der Waals surface area contributed by atoms with Crippen molar-refractivity contribution in [2.45, 2.75) is 25.9 Å². The van der Waals surface area contributed by atoms with E-state index in [1.807, 2.05) is 0 Å². The highest BCUT2D eigenvalue weighted by molar-refractivity contribution is 7.81. The normalized spacial score (nSPS) is 10.9. The molecule has 4 nitrogen and oxygen atoms in total. The molecule has 0 heterocycles. The minimum absolute atomic E-state index is 0.0415. The third kappa shape index (κ3) is 7.56. The van der Waals surface area contributed by atoms with Gasteiger partial charge in [-0.3, -0.25) is 9.59 Å². The Kier molecular flexibility index (Phi) is 6.84. The van der Waals surface area contributed by atoms with Gasteiger partial charge in [-0.05, 0) is 13.8 Å². The lowest BCUT2D eigenvalue weighted by Crippen LogP contribution is -2.30. The number of ether oxygens (including phenoxy) is 2. The van der Waals surface area contributed by atoms with E-state index >= 15 is 0 Å². The maximum Gasteiger partial charge on any atom is 0.316 e. The molecule has 0 radical (unpaired) electrons. The van der Waals surface area contributed by atoms with Gasteiger partial charge in [0.25, 0.3) is 0 Å². The number of thiol groups is 2. The predicted octanol–water partition coefficient (Wildman–Crippen LogP) is 1.10. The zero-order valence-electron chi connectivity index (χ0n) is 8.86. The maximum atomic E-state index is 11.0. The van der Waals surface area contributed by atoms with Gasteiger partial charge in [0.15, 0.2) is 0 Å². The first-order valence-corrected chi connectivity index (χ1v) is 5.77. The van der Waals surface area contributed by atoms with Gasteiger partial charge in [-0.1, -0.05) is 0 Å². The number of esters is 2. The van der Waals surface area contributed by atoms with E-state index in [-0.39, 0.29) is 30.1 Å². The Morgan fingerprint density at radius 2 is 1.67 bits per heavy atom. The van der Waals surface area contributed by atoms with Gasteiger partial charge >= 0.3 is 11.9 Å². The van der Waals surface area contributed by atoms with Crippen LogP contribution in [0.2, 0.25) is 0 Å². The fourth-order valence-electron chi connectivity index (χ4n) is 0.848. The zero-order chi connectivity index (χ0) is 11.9. The molecule has 0 saturated heterocycles. The van der Waals surface area contributed by atoms with Gasteiger partial charge in [0, 0.05) is 6.42 Å². The second-order valence-electron chi connectivity index (χ2n) is 3.52. The van der Waals surface area contributed by atoms with Crippen molar-refractivity contribution in [3.05, 3.63) is 0 Å². The minimum atomic E-state index is -0.642. The Morgan fingerprint density at radius 1 is 1.13 bits per heavy atom.